The van der Waals surface area contributed by atoms with Gasteiger partial charge in [-0.05, 0) is 52.8 Å². The van der Waals surface area contributed by atoms with Crippen molar-refractivity contribution in [3.05, 3.63) is 36.2 Å². The SMILES string of the molecule is C/C=C(\C=N)Nc1ncc2cc(NOC(C)(C)C(C)(C)O)ccc2n1. The molecule has 0 radical (unpaired) electrons. The van der Waals surface area contributed by atoms with E-state index in [9.17, 15) is 5.11 Å². The van der Waals surface area contributed by atoms with Gasteiger partial charge in [-0.1, -0.05) is 6.08 Å². The smallest absolute Gasteiger partial charge is 0.227 e. The van der Waals surface area contributed by atoms with Crippen molar-refractivity contribution in [1.82, 2.24) is 9.97 Å². The molecule has 0 bridgehead atoms. The van der Waals surface area contributed by atoms with Crippen molar-refractivity contribution >= 4 is 28.8 Å². The first-order valence-corrected chi connectivity index (χ1v) is 8.03. The zero-order valence-electron chi connectivity index (χ0n) is 15.2. The van der Waals surface area contributed by atoms with E-state index in [0.717, 1.165) is 16.6 Å². The monoisotopic (exact) mass is 343 g/mol. The number of aliphatic hydroxyl groups is 1. The van der Waals surface area contributed by atoms with Crippen molar-refractivity contribution in [2.24, 2.45) is 0 Å². The molecule has 1 heterocycles. The number of nitrogens with one attached hydrogen (secondary N) is 3. The molecule has 0 aliphatic carbocycles. The molecule has 0 saturated carbocycles. The number of benzene rings is 1. The summed E-state index contributed by atoms with van der Waals surface area (Å²) in [4.78, 5) is 14.3. The minimum Gasteiger partial charge on any atom is -0.387 e. The molecule has 0 unspecified atom stereocenters. The lowest BCUT2D eigenvalue weighted by molar-refractivity contribution is -0.130. The van der Waals surface area contributed by atoms with Crippen LogP contribution in [0.25, 0.3) is 10.9 Å². The lowest BCUT2D eigenvalue weighted by Crippen LogP contribution is -2.48. The van der Waals surface area contributed by atoms with Gasteiger partial charge in [-0.15, -0.1) is 0 Å². The van der Waals surface area contributed by atoms with Gasteiger partial charge in [0.1, 0.15) is 5.60 Å². The third-order valence-electron chi connectivity index (χ3n) is 4.20. The molecule has 134 valence electrons. The largest absolute Gasteiger partial charge is 0.387 e. The Hall–Kier alpha value is -2.51. The molecule has 0 fully saturated rings. The quantitative estimate of drug-likeness (QED) is 0.453. The summed E-state index contributed by atoms with van der Waals surface area (Å²) >= 11 is 0. The summed E-state index contributed by atoms with van der Waals surface area (Å²) in [6, 6.07) is 5.56. The van der Waals surface area contributed by atoms with Crippen LogP contribution >= 0.6 is 0 Å². The molecule has 0 amide bonds. The molecular formula is C18H25N5O2. The molecule has 2 aromatic rings. The van der Waals surface area contributed by atoms with Gasteiger partial charge >= 0.3 is 0 Å². The molecule has 7 heteroatoms. The van der Waals surface area contributed by atoms with Crippen LogP contribution in [0.5, 0.6) is 0 Å². The summed E-state index contributed by atoms with van der Waals surface area (Å²) in [6.45, 7) is 8.85. The van der Waals surface area contributed by atoms with E-state index < -0.39 is 11.2 Å². The molecule has 2 rings (SSSR count). The third kappa shape index (κ3) is 4.52. The van der Waals surface area contributed by atoms with Crippen LogP contribution in [0.15, 0.2) is 36.2 Å². The van der Waals surface area contributed by atoms with Gasteiger partial charge in [-0.3, -0.25) is 10.3 Å². The molecular weight excluding hydrogens is 318 g/mol. The third-order valence-corrected chi connectivity index (χ3v) is 4.20. The zero-order chi connectivity index (χ0) is 18.7. The fourth-order valence-corrected chi connectivity index (χ4v) is 1.79. The molecule has 7 nitrogen and oxygen atoms in total. The maximum atomic E-state index is 10.1. The number of anilines is 2. The topological polar surface area (TPSA) is 103 Å². The average molecular weight is 343 g/mol. The fraction of sp³-hybridized carbons (Fsp3) is 0.389. The van der Waals surface area contributed by atoms with E-state index in [0.29, 0.717) is 11.6 Å². The van der Waals surface area contributed by atoms with Crippen molar-refractivity contribution in [3.8, 4) is 0 Å². The highest BCUT2D eigenvalue weighted by Crippen LogP contribution is 2.26. The number of nitrogens with zero attached hydrogens (tertiary/aromatic N) is 2. The van der Waals surface area contributed by atoms with E-state index in [2.05, 4.69) is 20.8 Å². The number of rotatable bonds is 7. The number of hydrogen-bond donors (Lipinski definition) is 4. The lowest BCUT2D eigenvalue weighted by Gasteiger charge is -2.36. The van der Waals surface area contributed by atoms with E-state index in [4.69, 9.17) is 10.2 Å². The van der Waals surface area contributed by atoms with E-state index in [-0.39, 0.29) is 0 Å². The fourth-order valence-electron chi connectivity index (χ4n) is 1.79. The van der Waals surface area contributed by atoms with Gasteiger partial charge in [0.25, 0.3) is 0 Å². The number of fused-ring (bicyclic) bond motifs is 1. The number of hydrogen-bond acceptors (Lipinski definition) is 7. The van der Waals surface area contributed by atoms with E-state index in [1.807, 2.05) is 39.0 Å². The Kier molecular flexibility index (Phi) is 5.39. The first kappa shape index (κ1) is 18.8. The second-order valence-electron chi connectivity index (χ2n) is 6.75. The Labute approximate surface area is 147 Å². The molecule has 0 aliphatic heterocycles. The Morgan fingerprint density at radius 3 is 2.60 bits per heavy atom. The van der Waals surface area contributed by atoms with Crippen LogP contribution in [0.1, 0.15) is 34.6 Å². The Morgan fingerprint density at radius 1 is 1.28 bits per heavy atom. The summed E-state index contributed by atoms with van der Waals surface area (Å²) in [7, 11) is 0. The molecule has 25 heavy (non-hydrogen) atoms. The van der Waals surface area contributed by atoms with Crippen molar-refractivity contribution in [2.45, 2.75) is 45.8 Å². The minimum atomic E-state index is -1.00. The van der Waals surface area contributed by atoms with Crippen molar-refractivity contribution in [2.75, 3.05) is 10.8 Å². The average Bonchev–Trinajstić information content (AvgIpc) is 2.56. The lowest BCUT2D eigenvalue weighted by atomic mass is 9.90. The molecule has 4 N–H and O–H groups in total. The summed E-state index contributed by atoms with van der Waals surface area (Å²) in [5.41, 5.74) is 3.23. The van der Waals surface area contributed by atoms with Crippen molar-refractivity contribution < 1.29 is 9.94 Å². The number of aromatic nitrogens is 2. The van der Waals surface area contributed by atoms with E-state index >= 15 is 0 Å². The second-order valence-corrected chi connectivity index (χ2v) is 6.75. The number of allylic oxidation sites excluding steroid dienone is 2. The van der Waals surface area contributed by atoms with Crippen molar-refractivity contribution in [1.29, 1.82) is 5.41 Å². The normalized spacial score (nSPS) is 13.0. The highest BCUT2D eigenvalue weighted by atomic mass is 16.7. The van der Waals surface area contributed by atoms with Gasteiger partial charge in [0.05, 0.1) is 22.5 Å². The molecule has 0 spiro atoms. The van der Waals surface area contributed by atoms with Gasteiger partial charge in [0, 0.05) is 17.8 Å². The van der Waals surface area contributed by atoms with Crippen LogP contribution in [-0.2, 0) is 4.84 Å². The Balaban J connectivity index is 2.17. The van der Waals surface area contributed by atoms with Crippen LogP contribution in [0, 0.1) is 5.41 Å². The predicted octanol–water partition coefficient (Wildman–Crippen LogP) is 3.49. The first-order valence-electron chi connectivity index (χ1n) is 8.03. The highest BCUT2D eigenvalue weighted by Gasteiger charge is 2.37. The molecule has 0 atom stereocenters. The highest BCUT2D eigenvalue weighted by molar-refractivity contribution is 5.84. The summed E-state index contributed by atoms with van der Waals surface area (Å²) in [5.74, 6) is 0.434. The molecule has 0 aliphatic rings. The van der Waals surface area contributed by atoms with Crippen LogP contribution in [0.3, 0.4) is 0 Å². The van der Waals surface area contributed by atoms with Crippen LogP contribution in [0.2, 0.25) is 0 Å². The van der Waals surface area contributed by atoms with Gasteiger partial charge < -0.3 is 15.8 Å². The maximum Gasteiger partial charge on any atom is 0.227 e. The van der Waals surface area contributed by atoms with Crippen LogP contribution < -0.4 is 10.8 Å². The zero-order valence-corrected chi connectivity index (χ0v) is 15.2. The summed E-state index contributed by atoms with van der Waals surface area (Å²) in [5, 5.41) is 21.2. The van der Waals surface area contributed by atoms with Crippen LogP contribution in [-0.4, -0.2) is 32.5 Å². The van der Waals surface area contributed by atoms with E-state index in [1.165, 1.54) is 6.21 Å². The van der Waals surface area contributed by atoms with Crippen molar-refractivity contribution in [3.63, 3.8) is 0 Å². The van der Waals surface area contributed by atoms with Gasteiger partial charge in [-0.25, -0.2) is 9.97 Å². The second kappa shape index (κ2) is 7.16. The van der Waals surface area contributed by atoms with Gasteiger partial charge in [-0.2, -0.15) is 0 Å². The van der Waals surface area contributed by atoms with Crippen LogP contribution in [0.4, 0.5) is 11.6 Å². The Morgan fingerprint density at radius 2 is 2.00 bits per heavy atom. The van der Waals surface area contributed by atoms with E-state index in [1.54, 1.807) is 26.1 Å². The molecule has 1 aromatic heterocycles. The maximum absolute atomic E-state index is 10.1. The Bertz CT molecular complexity index is 794. The predicted molar refractivity (Wildman–Crippen MR) is 101 cm³/mol. The van der Waals surface area contributed by atoms with Gasteiger partial charge in [0.2, 0.25) is 5.95 Å². The molecule has 1 aromatic carbocycles. The first-order chi connectivity index (χ1) is 11.7. The summed E-state index contributed by atoms with van der Waals surface area (Å²) < 4.78 is 0. The molecule has 0 saturated heterocycles. The minimum absolute atomic E-state index is 0.434. The van der Waals surface area contributed by atoms with Gasteiger partial charge in [0.15, 0.2) is 0 Å². The summed E-state index contributed by atoms with van der Waals surface area (Å²) in [6.07, 6.45) is 4.69. The standard InChI is InChI=1S/C18H25N5O2/c1-6-13(10-19)21-16-20-11-12-9-14(7-8-15(12)22-16)23-25-18(4,5)17(2,3)24/h6-11,19,23-24H,1-5H3,(H,20,21,22)/b13-6+,19-10?.